The van der Waals surface area contributed by atoms with Crippen LogP contribution in [0.15, 0.2) is 42.5 Å². The topological polar surface area (TPSA) is 81.9 Å². The van der Waals surface area contributed by atoms with Gasteiger partial charge in [-0.25, -0.2) is 4.98 Å². The number of rotatable bonds is 8. The number of anilines is 1. The van der Waals surface area contributed by atoms with Crippen molar-refractivity contribution in [2.75, 3.05) is 65.4 Å². The smallest absolute Gasteiger partial charge is 0.253 e. The van der Waals surface area contributed by atoms with Gasteiger partial charge in [0.15, 0.2) is 0 Å². The van der Waals surface area contributed by atoms with Crippen LogP contribution in [0.4, 0.5) is 5.69 Å². The Morgan fingerprint density at radius 2 is 1.86 bits per heavy atom. The number of hydrogen-bond acceptors (Lipinski definition) is 7. The average Bonchev–Trinajstić information content (AvgIpc) is 2.90. The zero-order valence-corrected chi connectivity index (χ0v) is 21.6. The number of carbonyl (C=O) groups is 1. The van der Waals surface area contributed by atoms with Crippen molar-refractivity contribution in [2.45, 2.75) is 6.42 Å². The highest BCUT2D eigenvalue weighted by Crippen LogP contribution is 2.37. The summed E-state index contributed by atoms with van der Waals surface area (Å²) in [5.41, 5.74) is 2.48. The SMILES string of the molecule is COc1ccc(C(=O)N2CCN(c3c(C#N)c(OCCCN(C)C)nc4ccc(Cl)cc34)CC2)cc1. The zero-order chi connectivity index (χ0) is 25.7. The van der Waals surface area contributed by atoms with Gasteiger partial charge in [-0.15, -0.1) is 0 Å². The molecule has 0 spiro atoms. The number of ether oxygens (including phenoxy) is 2. The molecule has 1 fully saturated rings. The number of nitriles is 1. The number of halogens is 1. The standard InChI is InChI=1S/C27H30ClN5O3/c1-31(2)11-4-16-36-26-23(18-29)25(22-17-20(28)7-10-24(22)30-26)32-12-14-33(15-13-32)27(34)19-5-8-21(35-3)9-6-19/h5-10,17H,4,11-16H2,1-3H3. The van der Waals surface area contributed by atoms with Gasteiger partial charge in [0, 0.05) is 48.7 Å². The van der Waals surface area contributed by atoms with Crippen LogP contribution in [0.1, 0.15) is 22.3 Å². The van der Waals surface area contributed by atoms with Crippen molar-refractivity contribution in [1.82, 2.24) is 14.8 Å². The van der Waals surface area contributed by atoms with E-state index < -0.39 is 0 Å². The Labute approximate surface area is 216 Å². The number of fused-ring (bicyclic) bond motifs is 1. The lowest BCUT2D eigenvalue weighted by Crippen LogP contribution is -2.49. The van der Waals surface area contributed by atoms with Gasteiger partial charge in [-0.1, -0.05) is 11.6 Å². The van der Waals surface area contributed by atoms with Crippen LogP contribution < -0.4 is 14.4 Å². The molecule has 3 aromatic rings. The maximum absolute atomic E-state index is 13.0. The first kappa shape index (κ1) is 25.5. The van der Waals surface area contributed by atoms with Crippen LogP contribution in [0.3, 0.4) is 0 Å². The van der Waals surface area contributed by atoms with Crippen molar-refractivity contribution in [3.8, 4) is 17.7 Å². The maximum atomic E-state index is 13.0. The zero-order valence-electron chi connectivity index (χ0n) is 20.8. The second-order valence-corrected chi connectivity index (χ2v) is 9.36. The summed E-state index contributed by atoms with van der Waals surface area (Å²) in [5, 5.41) is 11.5. The molecule has 4 rings (SSSR count). The molecule has 8 nitrogen and oxygen atoms in total. The van der Waals surface area contributed by atoms with E-state index >= 15 is 0 Å². The van der Waals surface area contributed by atoms with Crippen LogP contribution in [-0.4, -0.2) is 81.2 Å². The molecule has 0 atom stereocenters. The number of aromatic nitrogens is 1. The Balaban J connectivity index is 1.58. The van der Waals surface area contributed by atoms with Gasteiger partial charge in [-0.3, -0.25) is 4.79 Å². The lowest BCUT2D eigenvalue weighted by molar-refractivity contribution is 0.0747. The van der Waals surface area contributed by atoms with Gasteiger partial charge in [0.2, 0.25) is 5.88 Å². The summed E-state index contributed by atoms with van der Waals surface area (Å²) in [6.45, 7) is 3.54. The molecule has 1 aromatic heterocycles. The minimum atomic E-state index is -0.0228. The lowest BCUT2D eigenvalue weighted by Gasteiger charge is -2.37. The van der Waals surface area contributed by atoms with E-state index in [0.29, 0.717) is 66.1 Å². The Kier molecular flexibility index (Phi) is 8.14. The summed E-state index contributed by atoms with van der Waals surface area (Å²) < 4.78 is 11.2. The molecule has 1 aliphatic heterocycles. The largest absolute Gasteiger partial charge is 0.497 e. The molecule has 0 unspecified atom stereocenters. The summed E-state index contributed by atoms with van der Waals surface area (Å²) >= 11 is 6.32. The minimum absolute atomic E-state index is 0.0228. The second-order valence-electron chi connectivity index (χ2n) is 8.93. The molecular weight excluding hydrogens is 478 g/mol. The summed E-state index contributed by atoms with van der Waals surface area (Å²) in [6, 6.07) is 14.9. The van der Waals surface area contributed by atoms with Crippen LogP contribution >= 0.6 is 11.6 Å². The molecule has 2 heterocycles. The van der Waals surface area contributed by atoms with Crippen LogP contribution in [0, 0.1) is 11.3 Å². The van der Waals surface area contributed by atoms with E-state index in [1.165, 1.54) is 0 Å². The lowest BCUT2D eigenvalue weighted by atomic mass is 10.1. The summed E-state index contributed by atoms with van der Waals surface area (Å²) in [5.74, 6) is 1.02. The monoisotopic (exact) mass is 507 g/mol. The molecule has 188 valence electrons. The van der Waals surface area contributed by atoms with Gasteiger partial charge < -0.3 is 24.2 Å². The fourth-order valence-corrected chi connectivity index (χ4v) is 4.50. The van der Waals surface area contributed by atoms with Crippen LogP contribution in [0.25, 0.3) is 10.9 Å². The molecule has 1 saturated heterocycles. The van der Waals surface area contributed by atoms with Gasteiger partial charge >= 0.3 is 0 Å². The Morgan fingerprint density at radius 1 is 1.14 bits per heavy atom. The summed E-state index contributed by atoms with van der Waals surface area (Å²) in [6.07, 6.45) is 0.819. The van der Waals surface area contributed by atoms with Crippen LogP contribution in [0.5, 0.6) is 11.6 Å². The van der Waals surface area contributed by atoms with E-state index in [0.717, 1.165) is 24.0 Å². The van der Waals surface area contributed by atoms with Crippen molar-refractivity contribution in [1.29, 1.82) is 5.26 Å². The van der Waals surface area contributed by atoms with Crippen molar-refractivity contribution < 1.29 is 14.3 Å². The molecule has 0 aliphatic carbocycles. The molecule has 2 aromatic carbocycles. The fraction of sp³-hybridized carbons (Fsp3) is 0.370. The predicted molar refractivity (Wildman–Crippen MR) is 141 cm³/mol. The van der Waals surface area contributed by atoms with Gasteiger partial charge in [0.25, 0.3) is 5.91 Å². The number of pyridine rings is 1. The number of amides is 1. The molecule has 0 saturated carbocycles. The molecule has 36 heavy (non-hydrogen) atoms. The number of nitrogens with zero attached hydrogens (tertiary/aromatic N) is 5. The number of hydrogen-bond donors (Lipinski definition) is 0. The van der Waals surface area contributed by atoms with Crippen LogP contribution in [-0.2, 0) is 0 Å². The van der Waals surface area contributed by atoms with Crippen molar-refractivity contribution >= 4 is 34.1 Å². The van der Waals surface area contributed by atoms with E-state index in [9.17, 15) is 10.1 Å². The van der Waals surface area contributed by atoms with E-state index in [1.54, 1.807) is 37.4 Å². The van der Waals surface area contributed by atoms with Gasteiger partial charge in [0.05, 0.1) is 24.9 Å². The molecule has 1 aliphatic rings. The number of benzene rings is 2. The summed E-state index contributed by atoms with van der Waals surface area (Å²) in [7, 11) is 5.62. The minimum Gasteiger partial charge on any atom is -0.497 e. The normalized spacial score (nSPS) is 13.7. The Hall–Kier alpha value is -3.54. The van der Waals surface area contributed by atoms with Crippen LogP contribution in [0.2, 0.25) is 5.02 Å². The molecule has 9 heteroatoms. The number of carbonyl (C=O) groups excluding carboxylic acids is 1. The highest BCUT2D eigenvalue weighted by Gasteiger charge is 2.27. The van der Waals surface area contributed by atoms with E-state index in [-0.39, 0.29) is 5.91 Å². The number of piperazine rings is 1. The summed E-state index contributed by atoms with van der Waals surface area (Å²) in [4.78, 5) is 23.7. The van der Waals surface area contributed by atoms with Crippen molar-refractivity contribution in [3.05, 3.63) is 58.6 Å². The van der Waals surface area contributed by atoms with Gasteiger partial charge in [-0.2, -0.15) is 5.26 Å². The van der Waals surface area contributed by atoms with E-state index in [1.807, 2.05) is 31.1 Å². The average molecular weight is 508 g/mol. The van der Waals surface area contributed by atoms with Crippen molar-refractivity contribution in [3.63, 3.8) is 0 Å². The maximum Gasteiger partial charge on any atom is 0.253 e. The third-order valence-electron chi connectivity index (χ3n) is 6.21. The Bertz CT molecular complexity index is 1270. The third-order valence-corrected chi connectivity index (χ3v) is 6.44. The predicted octanol–water partition coefficient (Wildman–Crippen LogP) is 4.06. The molecule has 1 amide bonds. The highest BCUT2D eigenvalue weighted by atomic mass is 35.5. The molecular formula is C27H30ClN5O3. The van der Waals surface area contributed by atoms with E-state index in [2.05, 4.69) is 20.9 Å². The van der Waals surface area contributed by atoms with E-state index in [4.69, 9.17) is 21.1 Å². The third kappa shape index (κ3) is 5.64. The second kappa shape index (κ2) is 11.5. The molecule has 0 radical (unpaired) electrons. The Morgan fingerprint density at radius 3 is 2.50 bits per heavy atom. The first-order valence-corrected chi connectivity index (χ1v) is 12.3. The van der Waals surface area contributed by atoms with Crippen molar-refractivity contribution in [2.24, 2.45) is 0 Å². The molecule has 0 N–H and O–H groups in total. The first-order chi connectivity index (χ1) is 17.4. The molecule has 0 bridgehead atoms. The van der Waals surface area contributed by atoms with Gasteiger partial charge in [0.1, 0.15) is 17.4 Å². The van der Waals surface area contributed by atoms with Gasteiger partial charge in [-0.05, 0) is 63.0 Å². The number of methoxy groups -OCH3 is 1. The first-order valence-electron chi connectivity index (χ1n) is 11.9. The fourth-order valence-electron chi connectivity index (χ4n) is 4.33. The highest BCUT2D eigenvalue weighted by molar-refractivity contribution is 6.31. The quantitative estimate of drug-likeness (QED) is 0.425.